The van der Waals surface area contributed by atoms with E-state index in [0.717, 1.165) is 0 Å². The predicted molar refractivity (Wildman–Crippen MR) is 84.8 cm³/mol. The molecular weight excluding hydrogens is 314 g/mol. The van der Waals surface area contributed by atoms with Gasteiger partial charge in [-0.3, -0.25) is 9.59 Å². The summed E-state index contributed by atoms with van der Waals surface area (Å²) in [6, 6.07) is 6.16. The number of carbonyl (C=O) groups is 2. The predicted octanol–water partition coefficient (Wildman–Crippen LogP) is 0.847. The number of carboxylic acids is 1. The number of aromatic carboxylic acids is 1. The second-order valence-corrected chi connectivity index (χ2v) is 4.99. The Morgan fingerprint density at radius 2 is 2.04 bits per heavy atom. The van der Waals surface area contributed by atoms with Crippen LogP contribution in [0.3, 0.4) is 0 Å². The number of hydrogen-bond donors (Lipinski definition) is 3. The number of carboxylic acid groups (broad SMARTS) is 1. The molecule has 3 rings (SSSR count). The summed E-state index contributed by atoms with van der Waals surface area (Å²) in [6.07, 6.45) is 2.78. The van der Waals surface area contributed by atoms with Gasteiger partial charge in [0, 0.05) is 13.0 Å². The minimum Gasteiger partial charge on any atom is -0.478 e. The fourth-order valence-electron chi connectivity index (χ4n) is 2.27. The zero-order valence-corrected chi connectivity index (χ0v) is 12.4. The Balaban J connectivity index is 1.71. The van der Waals surface area contributed by atoms with Gasteiger partial charge in [0.15, 0.2) is 11.2 Å². The molecule has 0 saturated heterocycles. The smallest absolute Gasteiger partial charge is 0.337 e. The van der Waals surface area contributed by atoms with Crippen LogP contribution in [0.15, 0.2) is 41.7 Å². The second kappa shape index (κ2) is 6.32. The van der Waals surface area contributed by atoms with Crippen molar-refractivity contribution in [2.75, 3.05) is 5.32 Å². The van der Waals surface area contributed by atoms with Gasteiger partial charge in [-0.25, -0.2) is 14.8 Å². The lowest BCUT2D eigenvalue weighted by atomic mass is 10.2. The van der Waals surface area contributed by atoms with E-state index in [4.69, 9.17) is 5.11 Å². The largest absolute Gasteiger partial charge is 0.478 e. The Labute approximate surface area is 135 Å². The lowest BCUT2D eigenvalue weighted by Gasteiger charge is -2.08. The highest BCUT2D eigenvalue weighted by atomic mass is 16.4. The van der Waals surface area contributed by atoms with E-state index in [1.807, 2.05) is 0 Å². The lowest BCUT2D eigenvalue weighted by Crippen LogP contribution is -2.16. The van der Waals surface area contributed by atoms with Crippen molar-refractivity contribution in [1.29, 1.82) is 0 Å². The Bertz CT molecular complexity index is 975. The van der Waals surface area contributed by atoms with E-state index in [0.29, 0.717) is 5.65 Å². The summed E-state index contributed by atoms with van der Waals surface area (Å²) < 4.78 is 1.59. The van der Waals surface area contributed by atoms with Gasteiger partial charge >= 0.3 is 5.97 Å². The first kappa shape index (κ1) is 15.4. The molecular formula is C15H13N5O4. The molecule has 122 valence electrons. The van der Waals surface area contributed by atoms with Crippen LogP contribution in [0.1, 0.15) is 16.8 Å². The molecule has 0 bridgehead atoms. The first-order valence-corrected chi connectivity index (χ1v) is 7.07. The van der Waals surface area contributed by atoms with E-state index in [1.54, 1.807) is 16.7 Å². The van der Waals surface area contributed by atoms with Crippen molar-refractivity contribution in [3.63, 3.8) is 0 Å². The Kier molecular flexibility index (Phi) is 4.06. The van der Waals surface area contributed by atoms with Gasteiger partial charge in [-0.05, 0) is 12.1 Å². The van der Waals surface area contributed by atoms with Gasteiger partial charge in [0.05, 0.1) is 23.9 Å². The summed E-state index contributed by atoms with van der Waals surface area (Å²) in [4.78, 5) is 45.2. The van der Waals surface area contributed by atoms with Crippen molar-refractivity contribution in [3.05, 3.63) is 52.8 Å². The Hall–Kier alpha value is -3.49. The van der Waals surface area contributed by atoms with Crippen molar-refractivity contribution in [2.24, 2.45) is 0 Å². The number of aromatic nitrogens is 4. The van der Waals surface area contributed by atoms with Crippen LogP contribution in [0.2, 0.25) is 0 Å². The van der Waals surface area contributed by atoms with Gasteiger partial charge in [-0.1, -0.05) is 12.1 Å². The van der Waals surface area contributed by atoms with Crippen LogP contribution in [0.25, 0.3) is 11.2 Å². The highest BCUT2D eigenvalue weighted by Gasteiger charge is 2.13. The van der Waals surface area contributed by atoms with Gasteiger partial charge in [0.25, 0.3) is 5.56 Å². The molecule has 2 heterocycles. The SMILES string of the molecule is O=C(CCn1cnc2c(=O)[nH]cnc21)Nc1ccccc1C(=O)O. The molecule has 2 aromatic heterocycles. The maximum atomic E-state index is 12.1. The number of anilines is 1. The van der Waals surface area contributed by atoms with Crippen LogP contribution >= 0.6 is 0 Å². The molecule has 0 spiro atoms. The summed E-state index contributed by atoms with van der Waals surface area (Å²) in [7, 11) is 0. The summed E-state index contributed by atoms with van der Waals surface area (Å²) in [5.41, 5.74) is 0.498. The lowest BCUT2D eigenvalue weighted by molar-refractivity contribution is -0.116. The number of fused-ring (bicyclic) bond motifs is 1. The Morgan fingerprint density at radius 3 is 2.83 bits per heavy atom. The normalized spacial score (nSPS) is 10.7. The molecule has 0 unspecified atom stereocenters. The van der Waals surface area contributed by atoms with Crippen LogP contribution in [0.4, 0.5) is 5.69 Å². The van der Waals surface area contributed by atoms with Crippen LogP contribution in [-0.2, 0) is 11.3 Å². The van der Waals surface area contributed by atoms with Gasteiger partial charge < -0.3 is 20.0 Å². The topological polar surface area (TPSA) is 130 Å². The molecule has 0 aliphatic carbocycles. The third-order valence-electron chi connectivity index (χ3n) is 3.42. The van der Waals surface area contributed by atoms with Crippen molar-refractivity contribution >= 4 is 28.7 Å². The molecule has 24 heavy (non-hydrogen) atoms. The fourth-order valence-corrected chi connectivity index (χ4v) is 2.27. The number of para-hydroxylation sites is 1. The standard InChI is InChI=1S/C15H13N5O4/c21-11(19-10-4-2-1-3-9(10)15(23)24)5-6-20-8-18-12-13(20)16-7-17-14(12)22/h1-4,7-8H,5-6H2,(H,19,21)(H,23,24)(H,16,17,22). The maximum absolute atomic E-state index is 12.1. The molecule has 3 N–H and O–H groups in total. The molecule has 0 radical (unpaired) electrons. The van der Waals surface area contributed by atoms with E-state index in [2.05, 4.69) is 20.3 Å². The second-order valence-electron chi connectivity index (χ2n) is 4.99. The quantitative estimate of drug-likeness (QED) is 0.637. The minimum absolute atomic E-state index is 0.0205. The zero-order valence-electron chi connectivity index (χ0n) is 12.4. The highest BCUT2D eigenvalue weighted by Crippen LogP contribution is 2.15. The Morgan fingerprint density at radius 1 is 1.25 bits per heavy atom. The molecule has 9 heteroatoms. The van der Waals surface area contributed by atoms with Gasteiger partial charge in [-0.2, -0.15) is 0 Å². The van der Waals surface area contributed by atoms with Crippen molar-refractivity contribution in [1.82, 2.24) is 19.5 Å². The number of nitrogens with zero attached hydrogens (tertiary/aromatic N) is 3. The molecule has 0 fully saturated rings. The maximum Gasteiger partial charge on any atom is 0.337 e. The molecule has 3 aromatic rings. The van der Waals surface area contributed by atoms with Crippen LogP contribution < -0.4 is 10.9 Å². The van der Waals surface area contributed by atoms with Crippen molar-refractivity contribution in [2.45, 2.75) is 13.0 Å². The number of imidazole rings is 1. The van der Waals surface area contributed by atoms with Crippen LogP contribution in [0, 0.1) is 0 Å². The van der Waals surface area contributed by atoms with Crippen molar-refractivity contribution < 1.29 is 14.7 Å². The summed E-state index contributed by atoms with van der Waals surface area (Å²) in [5.74, 6) is -1.47. The number of nitrogens with one attached hydrogen (secondary N) is 2. The highest BCUT2D eigenvalue weighted by molar-refractivity contribution is 6.00. The summed E-state index contributed by atoms with van der Waals surface area (Å²) in [5, 5.41) is 11.7. The van der Waals surface area contributed by atoms with Gasteiger partial charge in [0.1, 0.15) is 0 Å². The molecule has 0 aliphatic rings. The number of hydrogen-bond acceptors (Lipinski definition) is 5. The van der Waals surface area contributed by atoms with Gasteiger partial charge in [0.2, 0.25) is 5.91 Å². The zero-order chi connectivity index (χ0) is 17.1. The first-order valence-electron chi connectivity index (χ1n) is 7.07. The number of amides is 1. The first-order chi connectivity index (χ1) is 11.6. The third-order valence-corrected chi connectivity index (χ3v) is 3.42. The molecule has 0 aliphatic heterocycles. The van der Waals surface area contributed by atoms with Gasteiger partial charge in [-0.15, -0.1) is 0 Å². The number of carbonyl (C=O) groups excluding carboxylic acids is 1. The fraction of sp³-hybridized carbons (Fsp3) is 0.133. The number of aromatic amines is 1. The van der Waals surface area contributed by atoms with E-state index in [9.17, 15) is 14.4 Å². The average molecular weight is 327 g/mol. The minimum atomic E-state index is -1.12. The number of benzene rings is 1. The van der Waals surface area contributed by atoms with E-state index < -0.39 is 5.97 Å². The summed E-state index contributed by atoms with van der Waals surface area (Å²) >= 11 is 0. The molecule has 1 amide bonds. The van der Waals surface area contributed by atoms with Crippen molar-refractivity contribution in [3.8, 4) is 0 Å². The van der Waals surface area contributed by atoms with E-state index in [-0.39, 0.29) is 41.2 Å². The number of rotatable bonds is 5. The third kappa shape index (κ3) is 3.00. The molecule has 0 saturated carbocycles. The van der Waals surface area contributed by atoms with E-state index >= 15 is 0 Å². The van der Waals surface area contributed by atoms with E-state index in [1.165, 1.54) is 24.8 Å². The average Bonchev–Trinajstić information content (AvgIpc) is 2.98. The number of H-pyrrole nitrogens is 1. The summed E-state index contributed by atoms with van der Waals surface area (Å²) in [6.45, 7) is 0.258. The van der Waals surface area contributed by atoms with Crippen LogP contribution in [-0.4, -0.2) is 36.5 Å². The molecule has 9 nitrogen and oxygen atoms in total. The van der Waals surface area contributed by atoms with Crippen LogP contribution in [0.5, 0.6) is 0 Å². The number of aryl methyl sites for hydroxylation is 1. The monoisotopic (exact) mass is 327 g/mol. The molecule has 0 atom stereocenters. The molecule has 1 aromatic carbocycles.